The van der Waals surface area contributed by atoms with Gasteiger partial charge in [-0.3, -0.25) is 0 Å². The third-order valence-electron chi connectivity index (χ3n) is 2.62. The van der Waals surface area contributed by atoms with Crippen LogP contribution in [0.5, 0.6) is 11.8 Å². The Hall–Kier alpha value is -1.57. The lowest BCUT2D eigenvalue weighted by Crippen LogP contribution is -2.17. The summed E-state index contributed by atoms with van der Waals surface area (Å²) in [5.41, 5.74) is 0.647. The van der Waals surface area contributed by atoms with Crippen LogP contribution in [0.1, 0.15) is 24.8 Å². The Balaban J connectivity index is 2.38. The number of ether oxygens (including phenoxy) is 2. The first-order chi connectivity index (χ1) is 9.48. The topological polar surface area (TPSA) is 56.3 Å². The highest BCUT2D eigenvalue weighted by Gasteiger charge is 2.25. The van der Waals surface area contributed by atoms with Gasteiger partial charge in [-0.1, -0.05) is 0 Å². The van der Waals surface area contributed by atoms with Crippen molar-refractivity contribution in [2.75, 3.05) is 20.8 Å². The Kier molecular flexibility index (Phi) is 6.50. The highest BCUT2D eigenvalue weighted by atomic mass is 19.4. The minimum atomic E-state index is -4.08. The van der Waals surface area contributed by atoms with Crippen LogP contribution in [-0.2, 0) is 6.54 Å². The smallest absolute Gasteiger partial charge is 0.389 e. The zero-order valence-corrected chi connectivity index (χ0v) is 11.5. The number of hydrogen-bond donors (Lipinski definition) is 1. The molecule has 8 heteroatoms. The van der Waals surface area contributed by atoms with Gasteiger partial charge in [-0.25, -0.2) is 9.97 Å². The van der Waals surface area contributed by atoms with Crippen molar-refractivity contribution in [1.82, 2.24) is 15.3 Å². The maximum absolute atomic E-state index is 12.0. The van der Waals surface area contributed by atoms with E-state index in [1.54, 1.807) is 0 Å². The molecule has 1 heterocycles. The van der Waals surface area contributed by atoms with Crippen LogP contribution in [0.4, 0.5) is 13.2 Å². The fourth-order valence-corrected chi connectivity index (χ4v) is 1.67. The van der Waals surface area contributed by atoms with Gasteiger partial charge in [0.2, 0.25) is 11.8 Å². The van der Waals surface area contributed by atoms with E-state index in [2.05, 4.69) is 15.3 Å². The van der Waals surface area contributed by atoms with Gasteiger partial charge in [-0.2, -0.15) is 13.2 Å². The summed E-state index contributed by atoms with van der Waals surface area (Å²) >= 11 is 0. The molecule has 0 unspecified atom stereocenters. The fourth-order valence-electron chi connectivity index (χ4n) is 1.67. The average molecular weight is 293 g/mol. The van der Waals surface area contributed by atoms with Crippen molar-refractivity contribution < 1.29 is 22.6 Å². The number of nitrogens with zero attached hydrogens (tertiary/aromatic N) is 2. The predicted molar refractivity (Wildman–Crippen MR) is 66.7 cm³/mol. The van der Waals surface area contributed by atoms with Gasteiger partial charge in [0.05, 0.1) is 19.8 Å². The van der Waals surface area contributed by atoms with Crippen LogP contribution in [0, 0.1) is 0 Å². The molecule has 0 aliphatic rings. The van der Waals surface area contributed by atoms with Gasteiger partial charge in [-0.05, 0) is 19.4 Å². The predicted octanol–water partition coefficient (Wildman–Crippen LogP) is 2.32. The van der Waals surface area contributed by atoms with Crippen LogP contribution in [0.25, 0.3) is 0 Å². The Labute approximate surface area is 115 Å². The van der Waals surface area contributed by atoms with Crippen molar-refractivity contribution in [3.05, 3.63) is 11.9 Å². The monoisotopic (exact) mass is 293 g/mol. The maximum atomic E-state index is 12.0. The second-order valence-corrected chi connectivity index (χ2v) is 4.12. The van der Waals surface area contributed by atoms with Gasteiger partial charge in [0.1, 0.15) is 6.33 Å². The molecule has 1 aromatic rings. The van der Waals surface area contributed by atoms with Crippen LogP contribution >= 0.6 is 0 Å². The first kappa shape index (κ1) is 16.5. The minimum absolute atomic E-state index is 0.107. The number of halogens is 3. The Morgan fingerprint density at radius 3 is 2.20 bits per heavy atom. The third-order valence-corrected chi connectivity index (χ3v) is 2.62. The van der Waals surface area contributed by atoms with E-state index >= 15 is 0 Å². The molecule has 0 saturated heterocycles. The third kappa shape index (κ3) is 5.60. The molecule has 0 saturated carbocycles. The van der Waals surface area contributed by atoms with E-state index < -0.39 is 12.6 Å². The SMILES string of the molecule is COc1ncnc(OC)c1CNCCCCC(F)(F)F. The lowest BCUT2D eigenvalue weighted by atomic mass is 10.2. The molecule has 0 aliphatic carbocycles. The Morgan fingerprint density at radius 2 is 1.70 bits per heavy atom. The van der Waals surface area contributed by atoms with E-state index in [9.17, 15) is 13.2 Å². The standard InChI is InChI=1S/C12H18F3N3O2/c1-19-10-9(11(20-2)18-8-17-10)7-16-6-4-3-5-12(13,14)15/h8,16H,3-7H2,1-2H3. The van der Waals surface area contributed by atoms with E-state index in [0.29, 0.717) is 36.8 Å². The Bertz CT molecular complexity index is 391. The van der Waals surface area contributed by atoms with Crippen LogP contribution in [0.2, 0.25) is 0 Å². The maximum Gasteiger partial charge on any atom is 0.389 e. The molecule has 0 bridgehead atoms. The van der Waals surface area contributed by atoms with Gasteiger partial charge in [0.25, 0.3) is 0 Å². The molecule has 0 atom stereocenters. The number of aromatic nitrogens is 2. The molecule has 114 valence electrons. The molecule has 0 aliphatic heterocycles. The number of unbranched alkanes of at least 4 members (excludes halogenated alkanes) is 1. The molecule has 0 amide bonds. The summed E-state index contributed by atoms with van der Waals surface area (Å²) < 4.78 is 46.1. The van der Waals surface area contributed by atoms with Gasteiger partial charge >= 0.3 is 6.18 Å². The molecule has 0 spiro atoms. The number of methoxy groups -OCH3 is 2. The Morgan fingerprint density at radius 1 is 1.10 bits per heavy atom. The van der Waals surface area contributed by atoms with E-state index in [0.717, 1.165) is 0 Å². The van der Waals surface area contributed by atoms with Crippen molar-refractivity contribution in [3.63, 3.8) is 0 Å². The normalized spacial score (nSPS) is 11.4. The molecular formula is C12H18F3N3O2. The molecule has 0 radical (unpaired) electrons. The molecular weight excluding hydrogens is 275 g/mol. The van der Waals surface area contributed by atoms with Crippen molar-refractivity contribution in [2.24, 2.45) is 0 Å². The van der Waals surface area contributed by atoms with E-state index in [-0.39, 0.29) is 6.42 Å². The summed E-state index contributed by atoms with van der Waals surface area (Å²) in [5.74, 6) is 0.777. The summed E-state index contributed by atoms with van der Waals surface area (Å²) in [4.78, 5) is 7.90. The lowest BCUT2D eigenvalue weighted by Gasteiger charge is -2.11. The van der Waals surface area contributed by atoms with Gasteiger partial charge in [0.15, 0.2) is 0 Å². The summed E-state index contributed by atoms with van der Waals surface area (Å²) in [5, 5.41) is 3.03. The van der Waals surface area contributed by atoms with Crippen LogP contribution in [-0.4, -0.2) is 36.9 Å². The molecule has 1 N–H and O–H groups in total. The first-order valence-corrected chi connectivity index (χ1v) is 6.17. The number of alkyl halides is 3. The second-order valence-electron chi connectivity index (χ2n) is 4.12. The molecule has 20 heavy (non-hydrogen) atoms. The quantitative estimate of drug-likeness (QED) is 0.745. The summed E-state index contributed by atoms with van der Waals surface area (Å²) in [6, 6.07) is 0. The summed E-state index contributed by atoms with van der Waals surface area (Å²) in [7, 11) is 2.96. The van der Waals surface area contributed by atoms with Crippen LogP contribution < -0.4 is 14.8 Å². The zero-order chi connectivity index (χ0) is 15.0. The molecule has 5 nitrogen and oxygen atoms in total. The van der Waals surface area contributed by atoms with Crippen molar-refractivity contribution in [1.29, 1.82) is 0 Å². The highest BCUT2D eigenvalue weighted by molar-refractivity contribution is 5.34. The zero-order valence-electron chi connectivity index (χ0n) is 11.5. The number of rotatable bonds is 8. The van der Waals surface area contributed by atoms with Crippen molar-refractivity contribution in [3.8, 4) is 11.8 Å². The highest BCUT2D eigenvalue weighted by Crippen LogP contribution is 2.23. The average Bonchev–Trinajstić information content (AvgIpc) is 2.41. The van der Waals surface area contributed by atoms with E-state index in [4.69, 9.17) is 9.47 Å². The fraction of sp³-hybridized carbons (Fsp3) is 0.667. The molecule has 1 rings (SSSR count). The lowest BCUT2D eigenvalue weighted by molar-refractivity contribution is -0.135. The molecule has 0 aromatic carbocycles. The first-order valence-electron chi connectivity index (χ1n) is 6.17. The molecule has 1 aromatic heterocycles. The van der Waals surface area contributed by atoms with Crippen LogP contribution in [0.15, 0.2) is 6.33 Å². The minimum Gasteiger partial charge on any atom is -0.481 e. The van der Waals surface area contributed by atoms with E-state index in [1.165, 1.54) is 20.5 Å². The van der Waals surface area contributed by atoms with Crippen LogP contribution in [0.3, 0.4) is 0 Å². The van der Waals surface area contributed by atoms with Crippen molar-refractivity contribution >= 4 is 0 Å². The number of hydrogen-bond acceptors (Lipinski definition) is 5. The van der Waals surface area contributed by atoms with E-state index in [1.807, 2.05) is 0 Å². The largest absolute Gasteiger partial charge is 0.481 e. The molecule has 0 fully saturated rings. The van der Waals surface area contributed by atoms with Crippen molar-refractivity contribution in [2.45, 2.75) is 32.0 Å². The van der Waals surface area contributed by atoms with Gasteiger partial charge in [-0.15, -0.1) is 0 Å². The summed E-state index contributed by atoms with van der Waals surface area (Å²) in [6.45, 7) is 0.844. The summed E-state index contributed by atoms with van der Waals surface area (Å²) in [6.07, 6.45) is -2.96. The second kappa shape index (κ2) is 7.88. The van der Waals surface area contributed by atoms with Gasteiger partial charge in [0, 0.05) is 13.0 Å². The van der Waals surface area contributed by atoms with Gasteiger partial charge < -0.3 is 14.8 Å². The number of nitrogens with one attached hydrogen (secondary N) is 1.